The summed E-state index contributed by atoms with van der Waals surface area (Å²) in [5.41, 5.74) is 2.12. The second-order valence-corrected chi connectivity index (χ2v) is 8.24. The monoisotopic (exact) mass is 418 g/mol. The number of thioether (sulfide) groups is 1. The van der Waals surface area contributed by atoms with Gasteiger partial charge in [0.2, 0.25) is 11.8 Å². The SMILES string of the molecule is CCNC(=O)[C@@H](C)N(Cc1cccc(Cl)c1)C(=O)CCSc1ccc(C)cc1. The first-order valence-corrected chi connectivity index (χ1v) is 10.8. The van der Waals surface area contributed by atoms with Gasteiger partial charge in [-0.3, -0.25) is 9.59 Å². The van der Waals surface area contributed by atoms with Crippen LogP contribution in [0.2, 0.25) is 5.02 Å². The van der Waals surface area contributed by atoms with E-state index in [2.05, 4.69) is 36.5 Å². The van der Waals surface area contributed by atoms with E-state index in [0.717, 1.165) is 10.5 Å². The average Bonchev–Trinajstić information content (AvgIpc) is 2.67. The highest BCUT2D eigenvalue weighted by atomic mass is 35.5. The van der Waals surface area contributed by atoms with Gasteiger partial charge in [-0.15, -0.1) is 11.8 Å². The summed E-state index contributed by atoms with van der Waals surface area (Å²) in [7, 11) is 0. The van der Waals surface area contributed by atoms with Crippen LogP contribution in [0.15, 0.2) is 53.4 Å². The van der Waals surface area contributed by atoms with E-state index < -0.39 is 6.04 Å². The standard InChI is InChI=1S/C22H27ClN2O2S/c1-4-24-22(27)17(3)25(15-18-6-5-7-19(23)14-18)21(26)12-13-28-20-10-8-16(2)9-11-20/h5-11,14,17H,4,12-13,15H2,1-3H3,(H,24,27)/t17-/m1/s1. The van der Waals surface area contributed by atoms with Crippen LogP contribution >= 0.6 is 23.4 Å². The number of nitrogens with one attached hydrogen (secondary N) is 1. The maximum atomic E-state index is 12.9. The molecule has 0 fully saturated rings. The molecule has 0 saturated heterocycles. The number of benzene rings is 2. The van der Waals surface area contributed by atoms with Crippen LogP contribution in [0.5, 0.6) is 0 Å². The third kappa shape index (κ3) is 6.88. The Balaban J connectivity index is 2.04. The fourth-order valence-electron chi connectivity index (χ4n) is 2.77. The van der Waals surface area contributed by atoms with Crippen LogP contribution in [0.25, 0.3) is 0 Å². The number of carbonyl (C=O) groups excluding carboxylic acids is 2. The summed E-state index contributed by atoms with van der Waals surface area (Å²) in [6.45, 7) is 6.57. The first-order valence-electron chi connectivity index (χ1n) is 9.41. The Morgan fingerprint density at radius 2 is 1.89 bits per heavy atom. The Bertz CT molecular complexity index is 795. The van der Waals surface area contributed by atoms with E-state index in [1.165, 1.54) is 5.56 Å². The lowest BCUT2D eigenvalue weighted by Crippen LogP contribution is -2.47. The van der Waals surface area contributed by atoms with Gasteiger partial charge < -0.3 is 10.2 Å². The molecule has 0 radical (unpaired) electrons. The minimum atomic E-state index is -0.546. The number of hydrogen-bond donors (Lipinski definition) is 1. The molecule has 0 bridgehead atoms. The van der Waals surface area contributed by atoms with Gasteiger partial charge in [0.25, 0.3) is 0 Å². The molecule has 4 nitrogen and oxygen atoms in total. The molecule has 0 saturated carbocycles. The predicted molar refractivity (Wildman–Crippen MR) is 117 cm³/mol. The largest absolute Gasteiger partial charge is 0.355 e. The highest BCUT2D eigenvalue weighted by Gasteiger charge is 2.25. The molecule has 0 unspecified atom stereocenters. The average molecular weight is 419 g/mol. The van der Waals surface area contributed by atoms with Crippen molar-refractivity contribution in [2.75, 3.05) is 12.3 Å². The summed E-state index contributed by atoms with van der Waals surface area (Å²) >= 11 is 7.72. The third-order valence-corrected chi connectivity index (χ3v) is 5.61. The van der Waals surface area contributed by atoms with Crippen molar-refractivity contribution in [2.45, 2.75) is 44.7 Å². The van der Waals surface area contributed by atoms with Gasteiger partial charge in [0.1, 0.15) is 6.04 Å². The van der Waals surface area contributed by atoms with Crippen LogP contribution < -0.4 is 5.32 Å². The molecule has 2 aromatic carbocycles. The Hall–Kier alpha value is -1.98. The van der Waals surface area contributed by atoms with Gasteiger partial charge in [-0.05, 0) is 50.6 Å². The lowest BCUT2D eigenvalue weighted by atomic mass is 10.1. The summed E-state index contributed by atoms with van der Waals surface area (Å²) in [5, 5.41) is 3.42. The molecule has 0 aliphatic rings. The lowest BCUT2D eigenvalue weighted by Gasteiger charge is -2.28. The van der Waals surface area contributed by atoms with Gasteiger partial charge in [0, 0.05) is 35.2 Å². The molecule has 1 N–H and O–H groups in total. The summed E-state index contributed by atoms with van der Waals surface area (Å²) in [5.74, 6) is 0.471. The van der Waals surface area contributed by atoms with Gasteiger partial charge in [-0.2, -0.15) is 0 Å². The zero-order valence-electron chi connectivity index (χ0n) is 16.6. The molecular weight excluding hydrogens is 392 g/mol. The van der Waals surface area contributed by atoms with Gasteiger partial charge in [-0.25, -0.2) is 0 Å². The lowest BCUT2D eigenvalue weighted by molar-refractivity contribution is -0.140. The van der Waals surface area contributed by atoms with Crippen LogP contribution in [-0.2, 0) is 16.1 Å². The molecule has 2 amide bonds. The summed E-state index contributed by atoms with van der Waals surface area (Å²) in [6, 6.07) is 15.1. The van der Waals surface area contributed by atoms with Crippen molar-refractivity contribution in [3.8, 4) is 0 Å². The second-order valence-electron chi connectivity index (χ2n) is 6.63. The van der Waals surface area contributed by atoms with E-state index in [-0.39, 0.29) is 11.8 Å². The van der Waals surface area contributed by atoms with Crippen molar-refractivity contribution in [3.63, 3.8) is 0 Å². The van der Waals surface area contributed by atoms with Gasteiger partial charge >= 0.3 is 0 Å². The Morgan fingerprint density at radius 3 is 2.54 bits per heavy atom. The number of hydrogen-bond acceptors (Lipinski definition) is 3. The topological polar surface area (TPSA) is 49.4 Å². The highest BCUT2D eigenvalue weighted by molar-refractivity contribution is 7.99. The third-order valence-electron chi connectivity index (χ3n) is 4.37. The predicted octanol–water partition coefficient (Wildman–Crippen LogP) is 4.68. The Labute approximate surface area is 176 Å². The number of aryl methyl sites for hydroxylation is 1. The quantitative estimate of drug-likeness (QED) is 0.601. The molecule has 0 aliphatic carbocycles. The van der Waals surface area contributed by atoms with E-state index in [0.29, 0.717) is 30.3 Å². The second kappa shape index (κ2) is 11.1. The summed E-state index contributed by atoms with van der Waals surface area (Å²) in [4.78, 5) is 28.0. The van der Waals surface area contributed by atoms with Crippen molar-refractivity contribution in [3.05, 3.63) is 64.7 Å². The van der Waals surface area contributed by atoms with Crippen molar-refractivity contribution in [1.29, 1.82) is 0 Å². The van der Waals surface area contributed by atoms with E-state index >= 15 is 0 Å². The number of likely N-dealkylation sites (N-methyl/N-ethyl adjacent to an activating group) is 1. The molecule has 0 spiro atoms. The molecule has 0 heterocycles. The molecule has 28 heavy (non-hydrogen) atoms. The maximum absolute atomic E-state index is 12.9. The van der Waals surface area contributed by atoms with E-state index in [9.17, 15) is 9.59 Å². The van der Waals surface area contributed by atoms with Crippen LogP contribution in [0.1, 0.15) is 31.4 Å². The van der Waals surface area contributed by atoms with Crippen molar-refractivity contribution in [2.24, 2.45) is 0 Å². The molecule has 2 aromatic rings. The highest BCUT2D eigenvalue weighted by Crippen LogP contribution is 2.21. The molecule has 2 rings (SSSR count). The van der Waals surface area contributed by atoms with Crippen LogP contribution in [-0.4, -0.2) is 35.1 Å². The molecule has 6 heteroatoms. The zero-order valence-corrected chi connectivity index (χ0v) is 18.1. The zero-order chi connectivity index (χ0) is 20.5. The first-order chi connectivity index (χ1) is 13.4. The first kappa shape index (κ1) is 22.3. The van der Waals surface area contributed by atoms with Crippen LogP contribution in [0.3, 0.4) is 0 Å². The van der Waals surface area contributed by atoms with Gasteiger partial charge in [0.15, 0.2) is 0 Å². The molecule has 1 atom stereocenters. The van der Waals surface area contributed by atoms with Crippen LogP contribution in [0.4, 0.5) is 0 Å². The van der Waals surface area contributed by atoms with Crippen molar-refractivity contribution >= 4 is 35.2 Å². The minimum Gasteiger partial charge on any atom is -0.355 e. The number of carbonyl (C=O) groups is 2. The summed E-state index contributed by atoms with van der Waals surface area (Å²) < 4.78 is 0. The van der Waals surface area contributed by atoms with Gasteiger partial charge in [0.05, 0.1) is 0 Å². The van der Waals surface area contributed by atoms with E-state index in [1.54, 1.807) is 29.7 Å². The number of halogens is 1. The summed E-state index contributed by atoms with van der Waals surface area (Å²) in [6.07, 6.45) is 0.364. The maximum Gasteiger partial charge on any atom is 0.242 e. The number of amides is 2. The van der Waals surface area contributed by atoms with Crippen molar-refractivity contribution < 1.29 is 9.59 Å². The van der Waals surface area contributed by atoms with E-state index in [4.69, 9.17) is 11.6 Å². The fourth-order valence-corrected chi connectivity index (χ4v) is 3.82. The molecule has 150 valence electrons. The minimum absolute atomic E-state index is 0.0432. The molecular formula is C22H27ClN2O2S. The van der Waals surface area contributed by atoms with Gasteiger partial charge in [-0.1, -0.05) is 41.4 Å². The molecule has 0 aliphatic heterocycles. The smallest absolute Gasteiger partial charge is 0.242 e. The number of nitrogens with zero attached hydrogens (tertiary/aromatic N) is 1. The Kier molecular flexibility index (Phi) is 8.87. The Morgan fingerprint density at radius 1 is 1.18 bits per heavy atom. The van der Waals surface area contributed by atoms with E-state index in [1.807, 2.05) is 25.1 Å². The fraction of sp³-hybridized carbons (Fsp3) is 0.364. The van der Waals surface area contributed by atoms with Crippen LogP contribution in [0, 0.1) is 6.92 Å². The normalized spacial score (nSPS) is 11.7. The number of rotatable bonds is 9. The molecule has 0 aromatic heterocycles. The van der Waals surface area contributed by atoms with Crippen molar-refractivity contribution in [1.82, 2.24) is 10.2 Å².